The second kappa shape index (κ2) is 12.4. The van der Waals surface area contributed by atoms with Crippen LogP contribution in [0.25, 0.3) is 22.0 Å². The predicted molar refractivity (Wildman–Crippen MR) is 183 cm³/mol. The van der Waals surface area contributed by atoms with Crippen LogP contribution in [0.3, 0.4) is 0 Å². The summed E-state index contributed by atoms with van der Waals surface area (Å²) in [5, 5.41) is 9.42. The van der Waals surface area contributed by atoms with Crippen LogP contribution in [-0.4, -0.2) is 40.7 Å². The lowest BCUT2D eigenvalue weighted by molar-refractivity contribution is -0.121. The predicted octanol–water partition coefficient (Wildman–Crippen LogP) is 8.27. The Morgan fingerprint density at radius 2 is 1.35 bits per heavy atom. The average molecular weight is 609 g/mol. The molecule has 46 heavy (non-hydrogen) atoms. The van der Waals surface area contributed by atoms with Gasteiger partial charge in [0.25, 0.3) is 0 Å². The van der Waals surface area contributed by atoms with Gasteiger partial charge in [0.15, 0.2) is 5.82 Å². The lowest BCUT2D eigenvalue weighted by Gasteiger charge is -2.37. The van der Waals surface area contributed by atoms with Crippen molar-refractivity contribution in [1.29, 1.82) is 0 Å². The van der Waals surface area contributed by atoms with E-state index in [4.69, 9.17) is 5.10 Å². The fourth-order valence-corrected chi connectivity index (χ4v) is 6.98. The van der Waals surface area contributed by atoms with Crippen molar-refractivity contribution in [3.05, 3.63) is 155 Å². The first kappa shape index (κ1) is 29.6. The van der Waals surface area contributed by atoms with Crippen LogP contribution in [0.2, 0.25) is 0 Å². The molecule has 5 aromatic carbocycles. The molecule has 1 aliphatic heterocycles. The maximum Gasteiger partial charge on any atom is 0.228 e. The van der Waals surface area contributed by atoms with Crippen LogP contribution in [-0.2, 0) is 10.3 Å². The van der Waals surface area contributed by atoms with E-state index in [0.717, 1.165) is 70.2 Å². The quantitative estimate of drug-likeness (QED) is 0.186. The molecule has 1 fully saturated rings. The minimum atomic E-state index is -0.855. The Kier molecular flexibility index (Phi) is 7.97. The van der Waals surface area contributed by atoms with Gasteiger partial charge in [-0.05, 0) is 97.5 Å². The molecule has 0 atom stereocenters. The van der Waals surface area contributed by atoms with Gasteiger partial charge < -0.3 is 10.2 Å². The molecular weight excluding hydrogens is 571 g/mol. The molecule has 1 aromatic heterocycles. The van der Waals surface area contributed by atoms with E-state index < -0.39 is 5.54 Å². The van der Waals surface area contributed by atoms with Gasteiger partial charge >= 0.3 is 0 Å². The Morgan fingerprint density at radius 3 is 1.89 bits per heavy atom. The topological polar surface area (TPSA) is 50.2 Å². The Hall–Kier alpha value is -5.07. The van der Waals surface area contributed by atoms with Gasteiger partial charge in [0.1, 0.15) is 11.4 Å². The largest absolute Gasteiger partial charge is 0.308 e. The highest BCUT2D eigenvalue weighted by molar-refractivity contribution is 6.02. The lowest BCUT2D eigenvalue weighted by Crippen LogP contribution is -2.39. The molecule has 6 aromatic rings. The number of carbonyl (C=O) groups excluding carboxylic acids is 1. The van der Waals surface area contributed by atoms with Crippen LogP contribution in [0.4, 0.5) is 10.2 Å². The number of nitrogens with one attached hydrogen (secondary N) is 1. The number of nitrogens with zero attached hydrogens (tertiary/aromatic N) is 3. The van der Waals surface area contributed by atoms with Crippen LogP contribution in [0.1, 0.15) is 35.1 Å². The third-order valence-electron chi connectivity index (χ3n) is 9.40. The molecule has 0 unspecified atom stereocenters. The summed E-state index contributed by atoms with van der Waals surface area (Å²) >= 11 is 0. The van der Waals surface area contributed by atoms with Gasteiger partial charge in [0.05, 0.1) is 5.52 Å². The molecule has 1 amide bonds. The van der Waals surface area contributed by atoms with Gasteiger partial charge in [-0.2, -0.15) is 5.10 Å². The van der Waals surface area contributed by atoms with Crippen LogP contribution in [0.5, 0.6) is 0 Å². The monoisotopic (exact) mass is 608 g/mol. The lowest BCUT2D eigenvalue weighted by atomic mass is 9.77. The number of carbonyl (C=O) groups is 1. The fourth-order valence-electron chi connectivity index (χ4n) is 6.98. The number of hydrogen-bond donors (Lipinski definition) is 1. The minimum absolute atomic E-state index is 0.00671. The van der Waals surface area contributed by atoms with Crippen LogP contribution in [0.15, 0.2) is 127 Å². The van der Waals surface area contributed by atoms with E-state index in [1.807, 2.05) is 31.2 Å². The number of hydrogen-bond acceptors (Lipinski definition) is 3. The van der Waals surface area contributed by atoms with Gasteiger partial charge in [-0.1, -0.05) is 103 Å². The highest BCUT2D eigenvalue weighted by Gasteiger charge is 2.41. The highest BCUT2D eigenvalue weighted by atomic mass is 19.1. The molecule has 0 saturated carbocycles. The standard InChI is InChI=1S/C40H37FN4O/c1-28-26-34(41)19-20-35(28)30-18-21-37-36(27-30)38(42-39(46)29-22-24-44(2)25-23-29)43-45(37)40(31-12-6-3-7-13-31,32-14-8-4-9-15-32)33-16-10-5-11-17-33/h3-21,26-27,29H,22-25H2,1-2H3,(H,42,43,46). The zero-order valence-corrected chi connectivity index (χ0v) is 26.2. The number of piperidine rings is 1. The molecule has 1 aliphatic rings. The zero-order chi connectivity index (χ0) is 31.7. The van der Waals surface area contributed by atoms with E-state index in [-0.39, 0.29) is 17.6 Å². The summed E-state index contributed by atoms with van der Waals surface area (Å²) < 4.78 is 16.2. The second-order valence-electron chi connectivity index (χ2n) is 12.3. The Balaban J connectivity index is 1.50. The van der Waals surface area contributed by atoms with Crippen molar-refractivity contribution in [3.8, 4) is 11.1 Å². The first-order valence-corrected chi connectivity index (χ1v) is 15.9. The Bertz CT molecular complexity index is 1880. The first-order chi connectivity index (χ1) is 22.4. The minimum Gasteiger partial charge on any atom is -0.308 e. The summed E-state index contributed by atoms with van der Waals surface area (Å²) in [7, 11) is 2.10. The summed E-state index contributed by atoms with van der Waals surface area (Å²) in [5.74, 6) is 0.168. The summed E-state index contributed by atoms with van der Waals surface area (Å²) in [4.78, 5) is 16.1. The summed E-state index contributed by atoms with van der Waals surface area (Å²) in [6.07, 6.45) is 1.62. The van der Waals surface area contributed by atoms with Gasteiger partial charge in [-0.3, -0.25) is 4.79 Å². The molecule has 7 rings (SSSR count). The van der Waals surface area contributed by atoms with E-state index in [1.54, 1.807) is 6.07 Å². The van der Waals surface area contributed by atoms with E-state index in [9.17, 15) is 9.18 Å². The summed E-state index contributed by atoms with van der Waals surface area (Å²) in [6.45, 7) is 3.70. The molecular formula is C40H37FN4O. The Morgan fingerprint density at radius 1 is 0.783 bits per heavy atom. The number of fused-ring (bicyclic) bond motifs is 1. The van der Waals surface area contributed by atoms with Crippen LogP contribution in [0, 0.1) is 18.7 Å². The number of amides is 1. The van der Waals surface area contributed by atoms with Gasteiger partial charge in [-0.15, -0.1) is 0 Å². The Labute approximate surface area is 269 Å². The second-order valence-corrected chi connectivity index (χ2v) is 12.3. The number of aromatic nitrogens is 2. The number of likely N-dealkylation sites (tertiary alicyclic amines) is 1. The van der Waals surface area contributed by atoms with Crippen molar-refractivity contribution < 1.29 is 9.18 Å². The van der Waals surface area contributed by atoms with Gasteiger partial charge in [0, 0.05) is 11.3 Å². The van der Waals surface area contributed by atoms with E-state index in [0.29, 0.717) is 5.82 Å². The van der Waals surface area contributed by atoms with Crippen molar-refractivity contribution >= 4 is 22.6 Å². The first-order valence-electron chi connectivity index (χ1n) is 15.9. The van der Waals surface area contributed by atoms with Crippen molar-refractivity contribution in [1.82, 2.24) is 14.7 Å². The molecule has 1 N–H and O–H groups in total. The smallest absolute Gasteiger partial charge is 0.228 e. The van der Waals surface area contributed by atoms with E-state index in [1.165, 1.54) is 6.07 Å². The maximum absolute atomic E-state index is 14.1. The van der Waals surface area contributed by atoms with Crippen LogP contribution >= 0.6 is 0 Å². The molecule has 1 saturated heterocycles. The van der Waals surface area contributed by atoms with Crippen LogP contribution < -0.4 is 5.32 Å². The van der Waals surface area contributed by atoms with Crippen molar-refractivity contribution in [2.24, 2.45) is 5.92 Å². The normalized spacial score (nSPS) is 14.4. The number of halogens is 1. The zero-order valence-electron chi connectivity index (χ0n) is 26.2. The van der Waals surface area contributed by atoms with Crippen molar-refractivity contribution in [2.45, 2.75) is 25.3 Å². The van der Waals surface area contributed by atoms with Gasteiger partial charge in [-0.25, -0.2) is 9.07 Å². The molecule has 0 radical (unpaired) electrons. The van der Waals surface area contributed by atoms with Crippen molar-refractivity contribution in [2.75, 3.05) is 25.5 Å². The SMILES string of the molecule is Cc1cc(F)ccc1-c1ccc2c(c1)c(NC(=O)C1CCN(C)CC1)nn2C(c1ccccc1)(c1ccccc1)c1ccccc1. The number of anilines is 1. The molecule has 0 aliphatic carbocycles. The fraction of sp³-hybridized carbons (Fsp3) is 0.200. The average Bonchev–Trinajstić information content (AvgIpc) is 3.44. The molecule has 6 heteroatoms. The third-order valence-corrected chi connectivity index (χ3v) is 9.40. The molecule has 0 spiro atoms. The number of benzene rings is 5. The molecule has 5 nitrogen and oxygen atoms in total. The number of rotatable bonds is 7. The molecule has 0 bridgehead atoms. The van der Waals surface area contributed by atoms with Gasteiger partial charge in [0.2, 0.25) is 5.91 Å². The number of aryl methyl sites for hydroxylation is 1. The molecule has 2 heterocycles. The summed E-state index contributed by atoms with van der Waals surface area (Å²) in [6, 6.07) is 42.3. The summed E-state index contributed by atoms with van der Waals surface area (Å²) in [5.41, 5.74) is 5.87. The maximum atomic E-state index is 14.1. The van der Waals surface area contributed by atoms with E-state index in [2.05, 4.69) is 113 Å². The van der Waals surface area contributed by atoms with E-state index >= 15 is 0 Å². The van der Waals surface area contributed by atoms with Crippen molar-refractivity contribution in [3.63, 3.8) is 0 Å². The third kappa shape index (κ3) is 5.29. The molecule has 230 valence electrons. The highest BCUT2D eigenvalue weighted by Crippen LogP contribution is 2.44.